The van der Waals surface area contributed by atoms with Gasteiger partial charge < -0.3 is 57.6 Å². The zero-order valence-corrected chi connectivity index (χ0v) is 82.0. The molecule has 20 rings (SSSR count). The topological polar surface area (TPSA) is 269 Å². The van der Waals surface area contributed by atoms with Gasteiger partial charge in [0.2, 0.25) is 0 Å². The van der Waals surface area contributed by atoms with Crippen LogP contribution < -0.4 is 0 Å². The van der Waals surface area contributed by atoms with Crippen LogP contribution in [0.25, 0.3) is 0 Å². The summed E-state index contributed by atoms with van der Waals surface area (Å²) in [7, 11) is 4.94. The number of aliphatic hydroxyl groups excluding tert-OH is 2. The molecule has 2 heterocycles. The van der Waals surface area contributed by atoms with Gasteiger partial charge in [0.05, 0.1) is 74.9 Å². The van der Waals surface area contributed by atoms with E-state index in [0.717, 1.165) is 138 Å². The number of rotatable bonds is 16. The van der Waals surface area contributed by atoms with E-state index in [1.54, 1.807) is 33.5 Å². The number of hydrogen-bond donors (Lipinski definition) is 2. The van der Waals surface area contributed by atoms with Crippen molar-refractivity contribution >= 4 is 85.5 Å². The zero-order valence-electron chi connectivity index (χ0n) is 75.1. The Labute approximate surface area is 766 Å². The molecule has 4 spiro atoms. The molecule has 24 atom stereocenters. The van der Waals surface area contributed by atoms with E-state index in [4.69, 9.17) is 54.2 Å². The van der Waals surface area contributed by atoms with Crippen LogP contribution in [-0.4, -0.2) is 173 Å². The van der Waals surface area contributed by atoms with Crippen molar-refractivity contribution in [3.05, 3.63) is 117 Å². The number of halogens is 3. The van der Waals surface area contributed by atoms with Crippen molar-refractivity contribution in [2.45, 2.75) is 278 Å². The van der Waals surface area contributed by atoms with Crippen LogP contribution in [0.5, 0.6) is 0 Å². The van der Waals surface area contributed by atoms with Crippen LogP contribution in [-0.2, 0) is 98.9 Å². The number of Topliss-reactive ketones (excluding diaryl/α,β-unsaturated/α-hetero) is 2. The van der Waals surface area contributed by atoms with Gasteiger partial charge in [-0.25, -0.2) is 0 Å². The van der Waals surface area contributed by atoms with Crippen molar-refractivity contribution < 1.29 is 109 Å². The average Bonchev–Trinajstić information content (AvgIpc) is 1.54. The molecule has 0 amide bonds. The van der Waals surface area contributed by atoms with Gasteiger partial charge in [-0.15, -0.1) is 0 Å². The molecule has 0 aromatic rings. The molecule has 8 unspecified atom stereocenters. The zero-order chi connectivity index (χ0) is 88.6. The van der Waals surface area contributed by atoms with E-state index in [0.29, 0.717) is 133 Å². The number of aliphatic hydroxyl groups is 2. The van der Waals surface area contributed by atoms with Gasteiger partial charge in [-0.05, 0) is 237 Å². The fourth-order valence-electron chi connectivity index (χ4n) is 30.0. The molecule has 20 aliphatic rings. The van der Waals surface area contributed by atoms with Crippen molar-refractivity contribution in [1.82, 2.24) is 0 Å². The molecule has 24 heteroatoms. The van der Waals surface area contributed by atoms with E-state index in [9.17, 15) is 48.6 Å². The van der Waals surface area contributed by atoms with Gasteiger partial charge in [-0.3, -0.25) is 38.4 Å². The Kier molecular flexibility index (Phi) is 29.2. The van der Waals surface area contributed by atoms with E-state index >= 15 is 0 Å². The summed E-state index contributed by atoms with van der Waals surface area (Å²) in [5.74, 6) is 3.63. The Bertz CT molecular complexity index is 4530. The third-order valence-electron chi connectivity index (χ3n) is 36.6. The van der Waals surface area contributed by atoms with Gasteiger partial charge in [0, 0.05) is 112 Å². The van der Waals surface area contributed by atoms with Gasteiger partial charge in [-0.1, -0.05) is 134 Å². The van der Waals surface area contributed by atoms with Gasteiger partial charge in [0.25, 0.3) is 0 Å². The van der Waals surface area contributed by atoms with E-state index in [2.05, 4.69) is 136 Å². The SMILES string of the molecule is C.COCCOCCl.COCCOCO[C@@H]1C[C@@]2(C)C(CC[C@@]23CCC(=O)O3)C2C=CC3=CC(=O)CC[C@]3(C)C21.COCCOCO[C@@H]1C[C@@]23C(=O)CC[C@]2(C)CCC3=C2C=CC3=CC(=O)CCC3[C@]21C.C[C@]12CCC(=O)C=C1C=CC1C2[C@H](O)C[C@@]2(C)C1CC[C@@]21CCC(=O)O1.C[C@]12CCC(=O)[C@]13C[C@@H](O)C1C(=C3CC2)C=CC2=CC(=O)CC[C@@]21C.[Br][Zn][Br]. The summed E-state index contributed by atoms with van der Waals surface area (Å²) in [5.41, 5.74) is 7.16. The van der Waals surface area contributed by atoms with Crippen LogP contribution in [0.2, 0.25) is 0 Å². The fourth-order valence-corrected chi connectivity index (χ4v) is 30.1. The summed E-state index contributed by atoms with van der Waals surface area (Å²) in [6.07, 6.45) is 46.1. The summed E-state index contributed by atoms with van der Waals surface area (Å²) in [6.45, 7) is 21.9. The van der Waals surface area contributed by atoms with Crippen molar-refractivity contribution in [2.75, 3.05) is 80.6 Å². The summed E-state index contributed by atoms with van der Waals surface area (Å²) < 4.78 is 55.9. The first kappa shape index (κ1) is 96.9. The number of alkyl halides is 1. The molecule has 0 aromatic heterocycles. The molecule has 10 fully saturated rings. The number of allylic oxidation sites excluding steroid dienone is 18. The monoisotopic (exact) mass is 1930 g/mol. The molecule has 20 nitrogen and oxygen atoms in total. The summed E-state index contributed by atoms with van der Waals surface area (Å²) in [4.78, 5) is 98.7. The molecule has 8 saturated carbocycles. The Morgan fingerprint density at radius 3 is 1.46 bits per heavy atom. The second-order valence-electron chi connectivity index (χ2n) is 41.6. The number of esters is 2. The van der Waals surface area contributed by atoms with Gasteiger partial charge >= 0.3 is 52.4 Å². The molecule has 2 aliphatic heterocycles. The van der Waals surface area contributed by atoms with E-state index in [1.807, 2.05) is 12.2 Å². The maximum atomic E-state index is 13.5. The Morgan fingerprint density at radius 2 is 0.936 bits per heavy atom. The molecule has 2 N–H and O–H groups in total. The maximum absolute atomic E-state index is 13.5. The summed E-state index contributed by atoms with van der Waals surface area (Å²) in [6, 6.07) is 0.253. The molecular weight excluding hydrogens is 1790 g/mol. The number of ether oxygens (including phenoxy) is 10. The standard InChI is InChI=1S/C26H36O6.C26H34O5.C22H28O4.C22H26O3.C4H9ClO2.CH4.2BrH.Zn/c1-24-9-6-18(27)14-17(24)4-5-19-20-7-10-26(11-8-22(28)32-26)25(20,2)15-21(23(19)24)31-16-30-13-12-29-3;1-24-10-8-21-20-6-4-17-14-18(27)5-7-19(17)25(20,2)23(31-16-30-13-12-29-3)15-26(21,24)22(28)9-11-24;1-20-8-5-14(23)11-13(20)3-4-15-16-6-9-22(10-7-18(25)26-22)21(16,2)12-17(24)19(15)20;1-20-8-6-16-15-4-3-13-11-14(23)5-10-21(13,2)19(15)17(24)12-22(16,20)18(25)7-9-20;1-6-2-3-7-4-5;;;;/h4-5,14,19-21,23H,6-13,15-16H2,1-3H3;4,6,14,19,23H,5,7-13,15-16H2,1-3H3;3-4,11,15-17,19,24H,5-10,12H2,1-2H3;3-4,11,17,19,24H,5-10,12H2,1-2H3;2-4H2,1H3;1H4;2*1H;/q;;;;;;;;+2/p-2/t19?,20?,21-,23?,24+,25+,26-;19?,23-,24+,25-,26-;15?,16?,17-,19?,20+,21+,22-;17-,19?,20+,21+,22-;;;;;/m1111...../s1. The quantitative estimate of drug-likeness (QED) is 0.0478. The molecule has 2 saturated heterocycles. The third-order valence-corrected chi connectivity index (χ3v) is 36.7. The molecule has 684 valence electrons. The number of hydrogen-bond acceptors (Lipinski definition) is 20. The summed E-state index contributed by atoms with van der Waals surface area (Å²) >= 11 is 11.4. The second-order valence-corrected chi connectivity index (χ2v) is 55.9. The van der Waals surface area contributed by atoms with Crippen molar-refractivity contribution in [1.29, 1.82) is 0 Å². The van der Waals surface area contributed by atoms with Gasteiger partial charge in [0.15, 0.2) is 23.1 Å². The average molecular weight is 1930 g/mol. The van der Waals surface area contributed by atoms with Crippen LogP contribution >= 0.6 is 38.8 Å². The van der Waals surface area contributed by atoms with Gasteiger partial charge in [-0.2, -0.15) is 0 Å². The van der Waals surface area contributed by atoms with Crippen LogP contribution in [0.15, 0.2) is 117 Å². The number of methoxy groups -OCH3 is 3. The first-order valence-electron chi connectivity index (χ1n) is 46.3. The van der Waals surface area contributed by atoms with Crippen LogP contribution in [0.4, 0.5) is 0 Å². The van der Waals surface area contributed by atoms with Crippen molar-refractivity contribution in [3.63, 3.8) is 0 Å². The number of carbonyl (C=O) groups excluding carboxylic acids is 8. The van der Waals surface area contributed by atoms with Gasteiger partial charge in [0.1, 0.15) is 42.4 Å². The van der Waals surface area contributed by atoms with E-state index < -0.39 is 23.0 Å². The molecular formula is C101H137Br2ClO20Zn. The van der Waals surface area contributed by atoms with Crippen LogP contribution in [0.3, 0.4) is 0 Å². The molecule has 18 aliphatic carbocycles. The molecule has 0 radical (unpaired) electrons. The molecule has 125 heavy (non-hydrogen) atoms. The second kappa shape index (κ2) is 37.7. The first-order chi connectivity index (χ1) is 59.1. The van der Waals surface area contributed by atoms with Crippen LogP contribution in [0, 0.1) is 101 Å². The van der Waals surface area contributed by atoms with E-state index in [-0.39, 0.29) is 172 Å². The minimum absolute atomic E-state index is 0. The van der Waals surface area contributed by atoms with Crippen LogP contribution in [0.1, 0.15) is 243 Å². The van der Waals surface area contributed by atoms with E-state index in [1.165, 1.54) is 22.3 Å². The normalized spacial score (nSPS) is 42.8. The predicted molar refractivity (Wildman–Crippen MR) is 478 cm³/mol. The van der Waals surface area contributed by atoms with Crippen molar-refractivity contribution in [2.24, 2.45) is 101 Å². The Morgan fingerprint density at radius 1 is 0.464 bits per heavy atom. The number of carbonyl (C=O) groups is 8. The number of fused-ring (bicyclic) bond motifs is 18. The summed E-state index contributed by atoms with van der Waals surface area (Å²) in [5, 5.41) is 22.6. The number of ketones is 6. The Balaban J connectivity index is 0.000000131. The minimum atomic E-state index is -0.509. The molecule has 0 bridgehead atoms. The third kappa shape index (κ3) is 16.2. The van der Waals surface area contributed by atoms with Crippen molar-refractivity contribution in [3.8, 4) is 0 Å². The molecule has 0 aromatic carbocycles. The Hall–Kier alpha value is -4.17. The fraction of sp³-hybridized carbons (Fsp3) is 0.723. The predicted octanol–water partition coefficient (Wildman–Crippen LogP) is 18.5. The first-order valence-corrected chi connectivity index (χ1v) is 60.7.